The van der Waals surface area contributed by atoms with E-state index in [1.54, 1.807) is 18.2 Å². The summed E-state index contributed by atoms with van der Waals surface area (Å²) in [5.74, 6) is -1.07. The number of benzene rings is 1. The molecule has 0 radical (unpaired) electrons. The largest absolute Gasteiger partial charge is 0.322 e. The molecule has 6 nitrogen and oxygen atoms in total. The molecule has 0 aliphatic heterocycles. The second-order valence-electron chi connectivity index (χ2n) is 3.82. The Bertz CT molecular complexity index is 738. The van der Waals surface area contributed by atoms with Crippen LogP contribution in [0.25, 0.3) is 0 Å². The number of amides is 1. The van der Waals surface area contributed by atoms with E-state index in [1.165, 1.54) is 29.1 Å². The Morgan fingerprint density at radius 2 is 2.10 bits per heavy atom. The number of anilines is 1. The number of nitrogens with one attached hydrogen (secondary N) is 1. The van der Waals surface area contributed by atoms with E-state index in [-0.39, 0.29) is 23.6 Å². The van der Waals surface area contributed by atoms with Crippen molar-refractivity contribution >= 4 is 11.6 Å². The van der Waals surface area contributed by atoms with Gasteiger partial charge in [-0.25, -0.2) is 9.37 Å². The lowest BCUT2D eigenvalue weighted by Gasteiger charge is -2.07. The highest BCUT2D eigenvalue weighted by Crippen LogP contribution is 2.12. The van der Waals surface area contributed by atoms with Crippen LogP contribution < -0.4 is 5.32 Å². The second-order valence-corrected chi connectivity index (χ2v) is 3.82. The minimum Gasteiger partial charge on any atom is -0.322 e. The van der Waals surface area contributed by atoms with Gasteiger partial charge in [0.15, 0.2) is 11.4 Å². The summed E-state index contributed by atoms with van der Waals surface area (Å²) in [4.78, 5) is 15.5. The Morgan fingerprint density at radius 1 is 1.35 bits per heavy atom. The van der Waals surface area contributed by atoms with Crippen molar-refractivity contribution in [1.29, 1.82) is 10.5 Å². The number of imidazole rings is 1. The van der Waals surface area contributed by atoms with Gasteiger partial charge in [0.25, 0.3) is 0 Å². The van der Waals surface area contributed by atoms with Gasteiger partial charge in [0.05, 0.1) is 12.0 Å². The maximum atomic E-state index is 13.4. The Balaban J connectivity index is 2.14. The van der Waals surface area contributed by atoms with Crippen molar-refractivity contribution in [1.82, 2.24) is 9.55 Å². The molecule has 0 fully saturated rings. The average molecular weight is 269 g/mol. The highest BCUT2D eigenvalue weighted by Gasteiger charge is 2.13. The van der Waals surface area contributed by atoms with E-state index >= 15 is 0 Å². The van der Waals surface area contributed by atoms with Crippen LogP contribution in [0.2, 0.25) is 0 Å². The fraction of sp³-hybridized carbons (Fsp3) is 0.0769. The lowest BCUT2D eigenvalue weighted by Crippen LogP contribution is -2.19. The maximum absolute atomic E-state index is 13.4. The number of carbonyl (C=O) groups is 1. The number of nitriles is 2. The van der Waals surface area contributed by atoms with Crippen molar-refractivity contribution in [3.05, 3.63) is 47.8 Å². The molecule has 0 aliphatic carbocycles. The van der Waals surface area contributed by atoms with Crippen molar-refractivity contribution in [2.75, 3.05) is 5.32 Å². The molecule has 1 heterocycles. The van der Waals surface area contributed by atoms with Crippen molar-refractivity contribution in [2.24, 2.45) is 0 Å². The SMILES string of the molecule is N#Cc1ncn(CC(=O)Nc2ccccc2F)c1C#N. The van der Waals surface area contributed by atoms with Gasteiger partial charge in [-0.2, -0.15) is 10.5 Å². The van der Waals surface area contributed by atoms with E-state index in [0.717, 1.165) is 0 Å². The molecule has 0 bridgehead atoms. The van der Waals surface area contributed by atoms with Crippen LogP contribution in [0, 0.1) is 28.5 Å². The van der Waals surface area contributed by atoms with Gasteiger partial charge in [-0.1, -0.05) is 12.1 Å². The van der Waals surface area contributed by atoms with Crippen LogP contribution in [-0.2, 0) is 11.3 Å². The first kappa shape index (κ1) is 13.2. The molecule has 2 rings (SSSR count). The first-order chi connectivity index (χ1) is 9.65. The van der Waals surface area contributed by atoms with Crippen LogP contribution in [-0.4, -0.2) is 15.5 Å². The first-order valence-electron chi connectivity index (χ1n) is 5.55. The number of hydrogen-bond donors (Lipinski definition) is 1. The zero-order valence-corrected chi connectivity index (χ0v) is 10.2. The molecule has 2 aromatic rings. The number of para-hydroxylation sites is 1. The number of rotatable bonds is 3. The fourth-order valence-electron chi connectivity index (χ4n) is 1.61. The Labute approximate surface area is 113 Å². The summed E-state index contributed by atoms with van der Waals surface area (Å²) in [7, 11) is 0. The molecule has 20 heavy (non-hydrogen) atoms. The van der Waals surface area contributed by atoms with Gasteiger partial charge in [0.2, 0.25) is 5.91 Å². The number of nitrogens with zero attached hydrogens (tertiary/aromatic N) is 4. The van der Waals surface area contributed by atoms with Gasteiger partial charge in [0, 0.05) is 0 Å². The predicted molar refractivity (Wildman–Crippen MR) is 66.7 cm³/mol. The first-order valence-corrected chi connectivity index (χ1v) is 5.55. The summed E-state index contributed by atoms with van der Waals surface area (Å²) in [6.07, 6.45) is 1.22. The zero-order chi connectivity index (χ0) is 14.5. The topological polar surface area (TPSA) is 94.5 Å². The number of carbonyl (C=O) groups excluding carboxylic acids is 1. The molecule has 0 saturated heterocycles. The number of halogens is 1. The molecule has 0 saturated carbocycles. The van der Waals surface area contributed by atoms with Crippen LogP contribution >= 0.6 is 0 Å². The van der Waals surface area contributed by atoms with Crippen LogP contribution in [0.5, 0.6) is 0 Å². The fourth-order valence-corrected chi connectivity index (χ4v) is 1.61. The summed E-state index contributed by atoms with van der Waals surface area (Å²) >= 11 is 0. The standard InChI is InChI=1S/C13H8FN5O/c14-9-3-1-2-4-10(9)18-13(20)7-19-8-17-11(5-15)12(19)6-16/h1-4,8H,7H2,(H,18,20). The van der Waals surface area contributed by atoms with Gasteiger partial charge in [-0.05, 0) is 12.1 Å². The quantitative estimate of drug-likeness (QED) is 0.911. The average Bonchev–Trinajstić information content (AvgIpc) is 2.83. The third-order valence-electron chi connectivity index (χ3n) is 2.51. The monoisotopic (exact) mass is 269 g/mol. The maximum Gasteiger partial charge on any atom is 0.244 e. The van der Waals surface area contributed by atoms with Gasteiger partial charge < -0.3 is 9.88 Å². The van der Waals surface area contributed by atoms with E-state index in [2.05, 4.69) is 10.3 Å². The minimum absolute atomic E-state index is 0.00353. The molecule has 0 aliphatic rings. The number of hydrogen-bond acceptors (Lipinski definition) is 4. The second kappa shape index (κ2) is 5.63. The van der Waals surface area contributed by atoms with Crippen molar-refractivity contribution < 1.29 is 9.18 Å². The van der Waals surface area contributed by atoms with Crippen molar-refractivity contribution in [2.45, 2.75) is 6.54 Å². The van der Waals surface area contributed by atoms with Crippen LogP contribution in [0.15, 0.2) is 30.6 Å². The van der Waals surface area contributed by atoms with E-state index < -0.39 is 11.7 Å². The van der Waals surface area contributed by atoms with Gasteiger partial charge in [-0.3, -0.25) is 4.79 Å². The third kappa shape index (κ3) is 2.62. The molecule has 1 aromatic carbocycles. The van der Waals surface area contributed by atoms with Gasteiger partial charge in [0.1, 0.15) is 24.5 Å². The molecule has 98 valence electrons. The lowest BCUT2D eigenvalue weighted by atomic mass is 10.3. The molecule has 1 amide bonds. The van der Waals surface area contributed by atoms with Crippen LogP contribution in [0.1, 0.15) is 11.4 Å². The van der Waals surface area contributed by atoms with Gasteiger partial charge >= 0.3 is 0 Å². The van der Waals surface area contributed by atoms with E-state index in [9.17, 15) is 9.18 Å². The van der Waals surface area contributed by atoms with Crippen molar-refractivity contribution in [3.63, 3.8) is 0 Å². The van der Waals surface area contributed by atoms with Crippen molar-refractivity contribution in [3.8, 4) is 12.1 Å². The number of aromatic nitrogens is 2. The predicted octanol–water partition coefficient (Wildman–Crippen LogP) is 1.40. The Morgan fingerprint density at radius 3 is 2.75 bits per heavy atom. The summed E-state index contributed by atoms with van der Waals surface area (Å²) in [6.45, 7) is -0.230. The van der Waals surface area contributed by atoms with E-state index in [1.807, 2.05) is 0 Å². The third-order valence-corrected chi connectivity index (χ3v) is 2.51. The summed E-state index contributed by atoms with van der Waals surface area (Å²) in [5, 5.41) is 20.0. The Hall–Kier alpha value is -3.19. The Kier molecular flexibility index (Phi) is 3.73. The molecule has 0 unspecified atom stereocenters. The summed E-state index contributed by atoms with van der Waals surface area (Å²) in [5.41, 5.74) is -0.000921. The molecular formula is C13H8FN5O. The smallest absolute Gasteiger partial charge is 0.244 e. The highest BCUT2D eigenvalue weighted by molar-refractivity contribution is 5.90. The van der Waals surface area contributed by atoms with Crippen LogP contribution in [0.3, 0.4) is 0 Å². The normalized spacial score (nSPS) is 9.55. The molecular weight excluding hydrogens is 261 g/mol. The highest BCUT2D eigenvalue weighted by atomic mass is 19.1. The lowest BCUT2D eigenvalue weighted by molar-refractivity contribution is -0.116. The van der Waals surface area contributed by atoms with E-state index in [4.69, 9.17) is 10.5 Å². The zero-order valence-electron chi connectivity index (χ0n) is 10.2. The van der Waals surface area contributed by atoms with Crippen LogP contribution in [0.4, 0.5) is 10.1 Å². The molecule has 7 heteroatoms. The summed E-state index contributed by atoms with van der Waals surface area (Å²) < 4.78 is 14.6. The summed E-state index contributed by atoms with van der Waals surface area (Å²) in [6, 6.07) is 9.30. The molecule has 1 aromatic heterocycles. The molecule has 0 atom stereocenters. The van der Waals surface area contributed by atoms with E-state index in [0.29, 0.717) is 0 Å². The molecule has 1 N–H and O–H groups in total. The minimum atomic E-state index is -0.551. The van der Waals surface area contributed by atoms with Gasteiger partial charge in [-0.15, -0.1) is 0 Å². The molecule has 0 spiro atoms.